The summed E-state index contributed by atoms with van der Waals surface area (Å²) >= 11 is 0. The number of hydrogen-bond acceptors (Lipinski definition) is 2. The molecule has 1 aliphatic rings. The van der Waals surface area contributed by atoms with Gasteiger partial charge in [-0.3, -0.25) is 4.79 Å². The topological polar surface area (TPSA) is 32.3 Å². The van der Waals surface area contributed by atoms with Crippen LogP contribution in [0.2, 0.25) is 0 Å². The zero-order chi connectivity index (χ0) is 14.9. The Kier molecular flexibility index (Phi) is 4.09. The maximum absolute atomic E-state index is 13.8. The molecule has 1 heterocycles. The van der Waals surface area contributed by atoms with E-state index < -0.39 is 23.2 Å². The molecular weight excluding hydrogens is 262 g/mol. The summed E-state index contributed by atoms with van der Waals surface area (Å²) in [5.41, 5.74) is -0.408. The van der Waals surface area contributed by atoms with Crippen LogP contribution in [-0.2, 0) is 4.79 Å². The second-order valence-electron chi connectivity index (χ2n) is 5.62. The van der Waals surface area contributed by atoms with Crippen LogP contribution in [0.25, 0.3) is 0 Å². The van der Waals surface area contributed by atoms with Crippen LogP contribution in [0, 0.1) is 11.6 Å². The van der Waals surface area contributed by atoms with Gasteiger partial charge in [-0.2, -0.15) is 0 Å². The van der Waals surface area contributed by atoms with Crippen LogP contribution in [0.4, 0.5) is 8.78 Å². The number of amides is 1. The van der Waals surface area contributed by atoms with E-state index in [4.69, 9.17) is 0 Å². The van der Waals surface area contributed by atoms with Gasteiger partial charge in [-0.15, -0.1) is 0 Å². The van der Waals surface area contributed by atoms with Gasteiger partial charge in [0.25, 0.3) is 0 Å². The highest BCUT2D eigenvalue weighted by molar-refractivity contribution is 5.86. The zero-order valence-corrected chi connectivity index (χ0v) is 12.0. The summed E-state index contributed by atoms with van der Waals surface area (Å²) in [6.07, 6.45) is 1.70. The standard InChI is InChI=1S/C15H20F2N2O/c1-10(12-9-11(16)5-6-13(12)17)19(3)14(20)15(2)7-4-8-18-15/h5-6,9-10,18H,4,7-8H2,1-3H3. The average molecular weight is 282 g/mol. The van der Waals surface area contributed by atoms with Gasteiger partial charge in [0.05, 0.1) is 11.6 Å². The van der Waals surface area contributed by atoms with Crippen molar-refractivity contribution >= 4 is 5.91 Å². The largest absolute Gasteiger partial charge is 0.337 e. The van der Waals surface area contributed by atoms with E-state index in [1.807, 2.05) is 6.92 Å². The first-order chi connectivity index (χ1) is 9.35. The Bertz CT molecular complexity index is 513. The van der Waals surface area contributed by atoms with Crippen LogP contribution in [0.15, 0.2) is 18.2 Å². The van der Waals surface area contributed by atoms with Crippen molar-refractivity contribution in [2.24, 2.45) is 0 Å². The summed E-state index contributed by atoms with van der Waals surface area (Å²) in [5, 5.41) is 3.19. The van der Waals surface area contributed by atoms with Crippen LogP contribution in [0.1, 0.15) is 38.3 Å². The fourth-order valence-corrected chi connectivity index (χ4v) is 2.69. The molecule has 5 heteroatoms. The number of carbonyl (C=O) groups is 1. The van der Waals surface area contributed by atoms with Crippen LogP contribution >= 0.6 is 0 Å². The second kappa shape index (κ2) is 5.48. The second-order valence-corrected chi connectivity index (χ2v) is 5.62. The first kappa shape index (κ1) is 14.9. The summed E-state index contributed by atoms with van der Waals surface area (Å²) in [5.74, 6) is -1.09. The summed E-state index contributed by atoms with van der Waals surface area (Å²) in [4.78, 5) is 14.0. The molecule has 0 spiro atoms. The predicted octanol–water partition coefficient (Wildman–Crippen LogP) is 2.63. The van der Waals surface area contributed by atoms with Gasteiger partial charge in [0, 0.05) is 12.6 Å². The Balaban J connectivity index is 2.21. The van der Waals surface area contributed by atoms with Gasteiger partial charge in [-0.25, -0.2) is 8.78 Å². The molecule has 110 valence electrons. The van der Waals surface area contributed by atoms with Gasteiger partial charge in [0.2, 0.25) is 5.91 Å². The molecule has 2 rings (SSSR count). The normalized spacial score (nSPS) is 23.6. The average Bonchev–Trinajstić information content (AvgIpc) is 2.87. The molecule has 0 aromatic heterocycles. The molecule has 1 saturated heterocycles. The van der Waals surface area contributed by atoms with Crippen LogP contribution in [0.3, 0.4) is 0 Å². The van der Waals surface area contributed by atoms with Crippen LogP contribution in [-0.4, -0.2) is 29.9 Å². The lowest BCUT2D eigenvalue weighted by molar-refractivity contribution is -0.137. The number of carbonyl (C=O) groups excluding carboxylic acids is 1. The minimum Gasteiger partial charge on any atom is -0.337 e. The van der Waals surface area contributed by atoms with E-state index in [-0.39, 0.29) is 11.5 Å². The molecule has 1 N–H and O–H groups in total. The van der Waals surface area contributed by atoms with Crippen molar-refractivity contribution in [1.82, 2.24) is 10.2 Å². The molecule has 3 nitrogen and oxygen atoms in total. The molecule has 2 atom stereocenters. The Labute approximate surface area is 118 Å². The van der Waals surface area contributed by atoms with E-state index >= 15 is 0 Å². The minimum atomic E-state index is -0.604. The van der Waals surface area contributed by atoms with Crippen molar-refractivity contribution in [3.63, 3.8) is 0 Å². The number of nitrogens with one attached hydrogen (secondary N) is 1. The monoisotopic (exact) mass is 282 g/mol. The van der Waals surface area contributed by atoms with Gasteiger partial charge >= 0.3 is 0 Å². The molecule has 0 saturated carbocycles. The minimum absolute atomic E-state index is 0.0915. The number of nitrogens with zero attached hydrogens (tertiary/aromatic N) is 1. The molecule has 0 radical (unpaired) electrons. The van der Waals surface area contributed by atoms with E-state index in [0.717, 1.165) is 37.6 Å². The zero-order valence-electron chi connectivity index (χ0n) is 12.0. The van der Waals surface area contributed by atoms with E-state index in [1.54, 1.807) is 14.0 Å². The van der Waals surface area contributed by atoms with Gasteiger partial charge in [0.15, 0.2) is 0 Å². The van der Waals surface area contributed by atoms with Gasteiger partial charge < -0.3 is 10.2 Å². The van der Waals surface area contributed by atoms with E-state index in [0.29, 0.717) is 0 Å². The SMILES string of the molecule is CC(c1cc(F)ccc1F)N(C)C(=O)C1(C)CCCN1. The van der Waals surface area contributed by atoms with Crippen LogP contribution < -0.4 is 5.32 Å². The van der Waals surface area contributed by atoms with E-state index in [1.165, 1.54) is 4.90 Å². The Morgan fingerprint density at radius 3 is 2.75 bits per heavy atom. The fraction of sp³-hybridized carbons (Fsp3) is 0.533. The fourth-order valence-electron chi connectivity index (χ4n) is 2.69. The lowest BCUT2D eigenvalue weighted by atomic mass is 9.96. The number of benzene rings is 1. The Morgan fingerprint density at radius 1 is 1.45 bits per heavy atom. The van der Waals surface area contributed by atoms with Gasteiger partial charge in [-0.1, -0.05) is 0 Å². The molecule has 0 aliphatic carbocycles. The molecule has 2 unspecified atom stereocenters. The Morgan fingerprint density at radius 2 is 2.15 bits per heavy atom. The third kappa shape index (κ3) is 2.68. The smallest absolute Gasteiger partial charge is 0.242 e. The number of rotatable bonds is 3. The van der Waals surface area contributed by atoms with Crippen molar-refractivity contribution in [3.8, 4) is 0 Å². The molecular formula is C15H20F2N2O. The quantitative estimate of drug-likeness (QED) is 0.924. The lowest BCUT2D eigenvalue weighted by Crippen LogP contribution is -2.52. The van der Waals surface area contributed by atoms with Gasteiger partial charge in [-0.05, 0) is 51.4 Å². The van der Waals surface area contributed by atoms with Crippen molar-refractivity contribution in [2.75, 3.05) is 13.6 Å². The maximum Gasteiger partial charge on any atom is 0.242 e. The van der Waals surface area contributed by atoms with E-state index in [9.17, 15) is 13.6 Å². The van der Waals surface area contributed by atoms with E-state index in [2.05, 4.69) is 5.32 Å². The van der Waals surface area contributed by atoms with Crippen molar-refractivity contribution in [3.05, 3.63) is 35.4 Å². The van der Waals surface area contributed by atoms with Crippen molar-refractivity contribution < 1.29 is 13.6 Å². The first-order valence-electron chi connectivity index (χ1n) is 6.82. The summed E-state index contributed by atoms with van der Waals surface area (Å²) in [6, 6.07) is 2.80. The van der Waals surface area contributed by atoms with Gasteiger partial charge in [0.1, 0.15) is 11.6 Å². The third-order valence-corrected chi connectivity index (χ3v) is 4.15. The molecule has 1 amide bonds. The van der Waals surface area contributed by atoms with Crippen molar-refractivity contribution in [2.45, 2.75) is 38.3 Å². The molecule has 1 aromatic carbocycles. The highest BCUT2D eigenvalue weighted by Crippen LogP contribution is 2.28. The molecule has 1 aromatic rings. The van der Waals surface area contributed by atoms with Crippen molar-refractivity contribution in [1.29, 1.82) is 0 Å². The number of halogens is 2. The lowest BCUT2D eigenvalue weighted by Gasteiger charge is -2.33. The first-order valence-corrected chi connectivity index (χ1v) is 6.82. The highest BCUT2D eigenvalue weighted by Gasteiger charge is 2.39. The summed E-state index contributed by atoms with van der Waals surface area (Å²) in [7, 11) is 1.63. The maximum atomic E-state index is 13.8. The van der Waals surface area contributed by atoms with Crippen LogP contribution in [0.5, 0.6) is 0 Å². The predicted molar refractivity (Wildman–Crippen MR) is 73.2 cm³/mol. The molecule has 0 bridgehead atoms. The Hall–Kier alpha value is -1.49. The third-order valence-electron chi connectivity index (χ3n) is 4.15. The summed E-state index contributed by atoms with van der Waals surface area (Å²) < 4.78 is 27.1. The molecule has 1 aliphatic heterocycles. The molecule has 20 heavy (non-hydrogen) atoms. The number of hydrogen-bond donors (Lipinski definition) is 1. The highest BCUT2D eigenvalue weighted by atomic mass is 19.1. The molecule has 1 fully saturated rings. The number of likely N-dealkylation sites (N-methyl/N-ethyl adjacent to an activating group) is 1. The summed E-state index contributed by atoms with van der Waals surface area (Å²) in [6.45, 7) is 4.36.